The number of hydrogen-bond acceptors (Lipinski definition) is 12. The van der Waals surface area contributed by atoms with Crippen LogP contribution in [0.2, 0.25) is 0 Å². The van der Waals surface area contributed by atoms with E-state index < -0.39 is 113 Å². The molecule has 0 radical (unpaired) electrons. The second kappa shape index (κ2) is 15.5. The van der Waals surface area contributed by atoms with Crippen molar-refractivity contribution in [2.24, 2.45) is 35.5 Å². The Balaban J connectivity index is 2.65. The quantitative estimate of drug-likeness (QED) is 0.310. The minimum Gasteiger partial charge on any atom is -0.461 e. The third-order valence-electron chi connectivity index (χ3n) is 10.3. The summed E-state index contributed by atoms with van der Waals surface area (Å²) in [6.45, 7) is 17.5. The summed E-state index contributed by atoms with van der Waals surface area (Å²) in [5.74, 6) is -6.65. The molecule has 12 nitrogen and oxygen atoms in total. The van der Waals surface area contributed by atoms with Crippen LogP contribution in [-0.4, -0.2) is 105 Å². The number of ether oxygens (including phenoxy) is 5. The number of hydrogen-bond donors (Lipinski definition) is 4. The van der Waals surface area contributed by atoms with Crippen LogP contribution in [0.5, 0.6) is 0 Å². The Morgan fingerprint density at radius 1 is 0.956 bits per heavy atom. The number of cyclic esters (lactones) is 1. The fourth-order valence-corrected chi connectivity index (χ4v) is 7.05. The number of aliphatic hydroxyl groups excluding tert-OH is 3. The Kier molecular flexibility index (Phi) is 13.6. The molecule has 2 heterocycles. The van der Waals surface area contributed by atoms with Gasteiger partial charge in [0.25, 0.3) is 0 Å². The van der Waals surface area contributed by atoms with Crippen LogP contribution in [0.3, 0.4) is 0 Å². The number of methoxy groups -OCH3 is 1. The van der Waals surface area contributed by atoms with Gasteiger partial charge >= 0.3 is 11.9 Å². The van der Waals surface area contributed by atoms with Crippen LogP contribution in [0, 0.1) is 35.5 Å². The van der Waals surface area contributed by atoms with E-state index in [0.29, 0.717) is 0 Å². The van der Waals surface area contributed by atoms with Gasteiger partial charge in [-0.15, -0.1) is 0 Å². The van der Waals surface area contributed by atoms with Crippen molar-refractivity contribution in [3.63, 3.8) is 0 Å². The van der Waals surface area contributed by atoms with Gasteiger partial charge in [-0.3, -0.25) is 14.4 Å². The zero-order chi connectivity index (χ0) is 34.8. The molecular formula is C33H58O12. The number of carbonyl (C=O) groups is 3. The largest absolute Gasteiger partial charge is 0.461 e. The summed E-state index contributed by atoms with van der Waals surface area (Å²) in [7, 11) is 1.48. The number of esters is 2. The minimum absolute atomic E-state index is 0.118. The van der Waals surface area contributed by atoms with E-state index in [1.165, 1.54) is 21.0 Å². The molecule has 45 heavy (non-hydrogen) atoms. The Hall–Kier alpha value is -1.67. The number of Topliss-reactive ketones (excluding diaryl/α,β-unsaturated/α-hetero) is 1. The minimum atomic E-state index is -1.90. The molecule has 262 valence electrons. The zero-order valence-corrected chi connectivity index (χ0v) is 29.1. The van der Waals surface area contributed by atoms with Gasteiger partial charge in [0, 0.05) is 38.2 Å². The number of rotatable bonds is 6. The molecule has 2 aliphatic heterocycles. The van der Waals surface area contributed by atoms with Crippen molar-refractivity contribution in [1.82, 2.24) is 0 Å². The van der Waals surface area contributed by atoms with Crippen molar-refractivity contribution >= 4 is 17.7 Å². The van der Waals surface area contributed by atoms with E-state index in [1.54, 1.807) is 62.3 Å². The highest BCUT2D eigenvalue weighted by Crippen LogP contribution is 2.38. The lowest BCUT2D eigenvalue weighted by molar-refractivity contribution is -0.298. The third kappa shape index (κ3) is 9.03. The first-order valence-corrected chi connectivity index (χ1v) is 16.1. The van der Waals surface area contributed by atoms with Crippen molar-refractivity contribution in [3.8, 4) is 0 Å². The molecule has 0 saturated carbocycles. The summed E-state index contributed by atoms with van der Waals surface area (Å²) < 4.78 is 29.7. The highest BCUT2D eigenvalue weighted by molar-refractivity contribution is 5.89. The average Bonchev–Trinajstić information content (AvgIpc) is 2.96. The lowest BCUT2D eigenvalue weighted by atomic mass is 9.74. The summed E-state index contributed by atoms with van der Waals surface area (Å²) >= 11 is 0. The zero-order valence-electron chi connectivity index (χ0n) is 29.1. The van der Waals surface area contributed by atoms with E-state index in [-0.39, 0.29) is 12.8 Å². The van der Waals surface area contributed by atoms with E-state index >= 15 is 0 Å². The maximum Gasteiger partial charge on any atom is 0.311 e. The van der Waals surface area contributed by atoms with Gasteiger partial charge in [-0.25, -0.2) is 0 Å². The van der Waals surface area contributed by atoms with Crippen LogP contribution in [0.25, 0.3) is 0 Å². The monoisotopic (exact) mass is 646 g/mol. The Bertz CT molecular complexity index is 1020. The lowest BCUT2D eigenvalue weighted by Crippen LogP contribution is -2.57. The maximum atomic E-state index is 13.9. The fraction of sp³-hybridized carbons (Fsp3) is 0.909. The van der Waals surface area contributed by atoms with Crippen LogP contribution in [0.4, 0.5) is 0 Å². The summed E-state index contributed by atoms with van der Waals surface area (Å²) in [4.78, 5) is 39.9. The van der Waals surface area contributed by atoms with Crippen molar-refractivity contribution in [2.75, 3.05) is 7.11 Å². The summed E-state index contributed by atoms with van der Waals surface area (Å²) in [6, 6.07) is 0. The van der Waals surface area contributed by atoms with Crippen LogP contribution in [-0.2, 0) is 38.1 Å². The lowest BCUT2D eigenvalue weighted by Gasteiger charge is -2.46. The normalized spacial score (nSPS) is 45.6. The van der Waals surface area contributed by atoms with Gasteiger partial charge in [0.1, 0.15) is 23.9 Å². The number of carbonyl (C=O) groups excluding carboxylic acids is 3. The average molecular weight is 647 g/mol. The van der Waals surface area contributed by atoms with Gasteiger partial charge in [0.15, 0.2) is 12.1 Å². The molecule has 2 fully saturated rings. The topological polar surface area (TPSA) is 178 Å². The van der Waals surface area contributed by atoms with Crippen LogP contribution in [0.15, 0.2) is 0 Å². The smallest absolute Gasteiger partial charge is 0.311 e. The van der Waals surface area contributed by atoms with E-state index in [1.807, 2.05) is 0 Å². The molecule has 0 aromatic heterocycles. The van der Waals surface area contributed by atoms with E-state index in [2.05, 4.69) is 0 Å². The van der Waals surface area contributed by atoms with Crippen molar-refractivity contribution in [1.29, 1.82) is 0 Å². The molecule has 0 bridgehead atoms. The molecule has 0 spiro atoms. The van der Waals surface area contributed by atoms with Crippen LogP contribution < -0.4 is 0 Å². The Morgan fingerprint density at radius 2 is 1.53 bits per heavy atom. The third-order valence-corrected chi connectivity index (χ3v) is 10.3. The van der Waals surface area contributed by atoms with Gasteiger partial charge in [-0.05, 0) is 47.0 Å². The van der Waals surface area contributed by atoms with Crippen molar-refractivity contribution < 1.29 is 58.5 Å². The van der Waals surface area contributed by atoms with Gasteiger partial charge in [0.05, 0.1) is 41.9 Å². The summed E-state index contributed by atoms with van der Waals surface area (Å²) in [5.41, 5.74) is -2.90. The number of ketones is 1. The van der Waals surface area contributed by atoms with E-state index in [0.717, 1.165) is 0 Å². The fourth-order valence-electron chi connectivity index (χ4n) is 7.05. The maximum absolute atomic E-state index is 13.9. The highest BCUT2D eigenvalue weighted by atomic mass is 16.7. The molecule has 0 amide bonds. The molecule has 0 aliphatic carbocycles. The van der Waals surface area contributed by atoms with Gasteiger partial charge in [-0.1, -0.05) is 34.6 Å². The first kappa shape index (κ1) is 39.5. The first-order valence-electron chi connectivity index (χ1n) is 16.1. The van der Waals surface area contributed by atoms with Gasteiger partial charge < -0.3 is 44.1 Å². The molecule has 2 rings (SSSR count). The molecule has 2 aliphatic rings. The van der Waals surface area contributed by atoms with Gasteiger partial charge in [0.2, 0.25) is 0 Å². The first-order chi connectivity index (χ1) is 20.6. The van der Waals surface area contributed by atoms with Crippen LogP contribution in [0.1, 0.15) is 89.0 Å². The van der Waals surface area contributed by atoms with Crippen LogP contribution >= 0.6 is 0 Å². The van der Waals surface area contributed by atoms with Gasteiger partial charge in [-0.2, -0.15) is 0 Å². The Morgan fingerprint density at radius 3 is 2.04 bits per heavy atom. The summed E-state index contributed by atoms with van der Waals surface area (Å²) in [6.07, 6.45) is -7.65. The molecule has 16 unspecified atom stereocenters. The molecular weight excluding hydrogens is 588 g/mol. The second-order valence-corrected chi connectivity index (χ2v) is 14.2. The molecule has 0 aromatic carbocycles. The second-order valence-electron chi connectivity index (χ2n) is 14.2. The SMILES string of the molecule is COC1(C)CC(OC2C(C)C(=O)OC(C(C)C(C)O)C(C)C(OC(C)=O)C(C)C(=O)C(C)(O)CC(C)C(O)C2C)OC(C)C1O. The van der Waals surface area contributed by atoms with E-state index in [4.69, 9.17) is 23.7 Å². The van der Waals surface area contributed by atoms with E-state index in [9.17, 15) is 34.8 Å². The number of aliphatic hydroxyl groups is 4. The molecule has 12 heteroatoms. The molecule has 4 N–H and O–H groups in total. The molecule has 16 atom stereocenters. The predicted octanol–water partition coefficient (Wildman–Crippen LogP) is 2.40. The Labute approximate surface area is 268 Å². The predicted molar refractivity (Wildman–Crippen MR) is 164 cm³/mol. The molecule has 0 aromatic rings. The summed E-state index contributed by atoms with van der Waals surface area (Å²) in [5, 5.41) is 44.3. The molecule has 2 saturated heterocycles. The standard InChI is InChI=1S/C33H58O12/c1-15-13-32(10,40)29(37)19(5)28(43-23(9)35)18(4)26(16(2)21(7)34)45-31(39)20(6)27(17(3)25(15)36)44-24-14-33(11,41-12)30(38)22(8)42-24/h15-22,24-28,30,34,36,38,40H,13-14H2,1-12H3. The highest BCUT2D eigenvalue weighted by Gasteiger charge is 2.50. The van der Waals surface area contributed by atoms with Crippen molar-refractivity contribution in [3.05, 3.63) is 0 Å². The van der Waals surface area contributed by atoms with Crippen molar-refractivity contribution in [2.45, 2.75) is 149 Å².